The van der Waals surface area contributed by atoms with Crippen LogP contribution in [0.4, 0.5) is 0 Å². The van der Waals surface area contributed by atoms with E-state index in [0.29, 0.717) is 12.2 Å². The predicted octanol–water partition coefficient (Wildman–Crippen LogP) is 3.91. The van der Waals surface area contributed by atoms with Crippen molar-refractivity contribution in [1.29, 1.82) is 0 Å². The number of para-hydroxylation sites is 1. The van der Waals surface area contributed by atoms with Crippen molar-refractivity contribution in [2.75, 3.05) is 6.54 Å². The fourth-order valence-electron chi connectivity index (χ4n) is 4.06. The van der Waals surface area contributed by atoms with Crippen molar-refractivity contribution in [3.05, 3.63) is 66.1 Å². The van der Waals surface area contributed by atoms with E-state index in [-0.39, 0.29) is 5.91 Å². The molecule has 4 aromatic rings. The number of rotatable bonds is 6. The van der Waals surface area contributed by atoms with Crippen LogP contribution >= 0.6 is 0 Å². The molecule has 5 heteroatoms. The average Bonchev–Trinajstić information content (AvgIpc) is 3.40. The average molecular weight is 372 g/mol. The number of benzene rings is 1. The first-order chi connectivity index (χ1) is 13.7. The summed E-state index contributed by atoms with van der Waals surface area (Å²) in [6, 6.07) is 16.4. The van der Waals surface area contributed by atoms with Gasteiger partial charge in [0, 0.05) is 43.8 Å². The lowest BCUT2D eigenvalue weighted by molar-refractivity contribution is 0.0946. The second-order valence-corrected chi connectivity index (χ2v) is 7.72. The van der Waals surface area contributed by atoms with E-state index in [9.17, 15) is 4.79 Å². The first-order valence-corrected chi connectivity index (χ1v) is 9.97. The zero-order valence-electron chi connectivity index (χ0n) is 16.1. The van der Waals surface area contributed by atoms with Gasteiger partial charge >= 0.3 is 0 Å². The summed E-state index contributed by atoms with van der Waals surface area (Å²) in [5.41, 5.74) is 5.26. The summed E-state index contributed by atoms with van der Waals surface area (Å²) in [5, 5.41) is 4.27. The van der Waals surface area contributed by atoms with Gasteiger partial charge < -0.3 is 14.5 Å². The number of hydrogen-bond acceptors (Lipinski definition) is 2. The van der Waals surface area contributed by atoms with E-state index in [1.165, 1.54) is 23.7 Å². The van der Waals surface area contributed by atoms with Crippen molar-refractivity contribution in [3.8, 4) is 0 Å². The third-order valence-corrected chi connectivity index (χ3v) is 5.72. The zero-order valence-corrected chi connectivity index (χ0v) is 16.1. The van der Waals surface area contributed by atoms with Gasteiger partial charge in [0.1, 0.15) is 5.69 Å². The van der Waals surface area contributed by atoms with Crippen molar-refractivity contribution in [2.24, 2.45) is 13.0 Å². The SMILES string of the molecule is Cn1c(C(=O)NCCc2ccccn2)cc2c1c1ccccc1n2CC1CC1. The minimum absolute atomic E-state index is 0.0308. The summed E-state index contributed by atoms with van der Waals surface area (Å²) < 4.78 is 4.43. The Bertz CT molecular complexity index is 1150. The molecule has 5 nitrogen and oxygen atoms in total. The van der Waals surface area contributed by atoms with Crippen LogP contribution in [0.1, 0.15) is 29.0 Å². The van der Waals surface area contributed by atoms with Crippen molar-refractivity contribution >= 4 is 27.8 Å². The van der Waals surface area contributed by atoms with Crippen LogP contribution in [0.25, 0.3) is 21.9 Å². The molecule has 142 valence electrons. The van der Waals surface area contributed by atoms with Gasteiger partial charge in [-0.1, -0.05) is 24.3 Å². The zero-order chi connectivity index (χ0) is 19.1. The molecule has 0 spiro atoms. The Labute approximate surface area is 164 Å². The molecule has 1 aliphatic rings. The Morgan fingerprint density at radius 1 is 1.14 bits per heavy atom. The number of aromatic nitrogens is 3. The van der Waals surface area contributed by atoms with E-state index < -0.39 is 0 Å². The minimum Gasteiger partial charge on any atom is -0.350 e. The van der Waals surface area contributed by atoms with Gasteiger partial charge in [-0.2, -0.15) is 0 Å². The summed E-state index contributed by atoms with van der Waals surface area (Å²) in [4.78, 5) is 17.2. The van der Waals surface area contributed by atoms with Gasteiger partial charge in [0.05, 0.1) is 16.6 Å². The molecular weight excluding hydrogens is 348 g/mol. The number of hydrogen-bond donors (Lipinski definition) is 1. The van der Waals surface area contributed by atoms with Crippen molar-refractivity contribution in [3.63, 3.8) is 0 Å². The molecule has 1 N–H and O–H groups in total. The Hall–Kier alpha value is -3.08. The molecule has 0 bridgehead atoms. The van der Waals surface area contributed by atoms with Crippen LogP contribution in [-0.2, 0) is 20.0 Å². The molecule has 0 radical (unpaired) electrons. The highest BCUT2D eigenvalue weighted by molar-refractivity contribution is 6.10. The standard InChI is InChI=1S/C23H24N4O/c1-26-21(23(28)25-13-11-17-6-4-5-12-24-17)14-20-22(26)18-7-2-3-8-19(18)27(20)15-16-9-10-16/h2-8,12,14,16H,9-11,13,15H2,1H3,(H,25,28). The van der Waals surface area contributed by atoms with Crippen LogP contribution in [0.5, 0.6) is 0 Å². The number of nitrogens with one attached hydrogen (secondary N) is 1. The summed E-state index contributed by atoms with van der Waals surface area (Å²) in [5.74, 6) is 0.742. The largest absolute Gasteiger partial charge is 0.350 e. The molecule has 1 fully saturated rings. The van der Waals surface area contributed by atoms with Gasteiger partial charge in [-0.3, -0.25) is 9.78 Å². The van der Waals surface area contributed by atoms with Gasteiger partial charge in [0.2, 0.25) is 0 Å². The van der Waals surface area contributed by atoms with Gasteiger partial charge in [0.15, 0.2) is 0 Å². The second kappa shape index (κ2) is 6.82. The summed E-state index contributed by atoms with van der Waals surface area (Å²) >= 11 is 0. The maximum absolute atomic E-state index is 12.8. The molecule has 28 heavy (non-hydrogen) atoms. The molecule has 0 saturated heterocycles. The smallest absolute Gasteiger partial charge is 0.268 e. The lowest BCUT2D eigenvalue weighted by Crippen LogP contribution is -2.27. The molecule has 1 aromatic carbocycles. The highest BCUT2D eigenvalue weighted by Crippen LogP contribution is 2.36. The van der Waals surface area contributed by atoms with Crippen LogP contribution in [0.3, 0.4) is 0 Å². The maximum atomic E-state index is 12.8. The lowest BCUT2D eigenvalue weighted by Gasteiger charge is -2.07. The van der Waals surface area contributed by atoms with Crippen LogP contribution in [0.2, 0.25) is 0 Å². The first kappa shape index (κ1) is 17.0. The fourth-order valence-corrected chi connectivity index (χ4v) is 4.06. The molecule has 1 aliphatic carbocycles. The number of amides is 1. The number of nitrogens with zero attached hydrogens (tertiary/aromatic N) is 3. The molecular formula is C23H24N4O. The third-order valence-electron chi connectivity index (χ3n) is 5.72. The van der Waals surface area contributed by atoms with Crippen molar-refractivity contribution < 1.29 is 4.79 Å². The number of pyridine rings is 1. The number of carbonyl (C=O) groups excluding carboxylic acids is 1. The van der Waals surface area contributed by atoms with E-state index in [4.69, 9.17) is 0 Å². The molecule has 5 rings (SSSR count). The first-order valence-electron chi connectivity index (χ1n) is 9.97. The van der Waals surface area contributed by atoms with E-state index in [1.807, 2.05) is 35.9 Å². The monoisotopic (exact) mass is 372 g/mol. The Morgan fingerprint density at radius 3 is 2.75 bits per heavy atom. The number of fused-ring (bicyclic) bond motifs is 3. The molecule has 1 saturated carbocycles. The third kappa shape index (κ3) is 2.97. The lowest BCUT2D eigenvalue weighted by atomic mass is 10.2. The van der Waals surface area contributed by atoms with Crippen molar-refractivity contribution in [2.45, 2.75) is 25.8 Å². The Balaban J connectivity index is 1.45. The quantitative estimate of drug-likeness (QED) is 0.558. The van der Waals surface area contributed by atoms with Crippen LogP contribution in [-0.4, -0.2) is 26.6 Å². The fraction of sp³-hybridized carbons (Fsp3) is 0.304. The van der Waals surface area contributed by atoms with Crippen LogP contribution < -0.4 is 5.32 Å². The van der Waals surface area contributed by atoms with Gasteiger partial charge in [-0.15, -0.1) is 0 Å². The molecule has 0 unspecified atom stereocenters. The summed E-state index contributed by atoms with van der Waals surface area (Å²) in [7, 11) is 1.99. The van der Waals surface area contributed by atoms with Gasteiger partial charge in [-0.25, -0.2) is 0 Å². The Morgan fingerprint density at radius 2 is 1.96 bits per heavy atom. The highest BCUT2D eigenvalue weighted by atomic mass is 16.1. The van der Waals surface area contributed by atoms with Gasteiger partial charge in [0.25, 0.3) is 5.91 Å². The summed E-state index contributed by atoms with van der Waals surface area (Å²) in [6.45, 7) is 1.61. The van der Waals surface area contributed by atoms with E-state index in [1.54, 1.807) is 6.20 Å². The van der Waals surface area contributed by atoms with Crippen molar-refractivity contribution in [1.82, 2.24) is 19.4 Å². The van der Waals surface area contributed by atoms with Crippen LogP contribution in [0.15, 0.2) is 54.7 Å². The normalized spacial score (nSPS) is 14.0. The second-order valence-electron chi connectivity index (χ2n) is 7.72. The van der Waals surface area contributed by atoms with E-state index >= 15 is 0 Å². The molecule has 1 amide bonds. The molecule has 0 atom stereocenters. The molecule has 3 aromatic heterocycles. The Kier molecular flexibility index (Phi) is 4.15. The summed E-state index contributed by atoms with van der Waals surface area (Å²) in [6.07, 6.45) is 5.13. The van der Waals surface area contributed by atoms with Gasteiger partial charge in [-0.05, 0) is 43.0 Å². The molecule has 3 heterocycles. The maximum Gasteiger partial charge on any atom is 0.268 e. The number of aryl methyl sites for hydroxylation is 1. The van der Waals surface area contributed by atoms with E-state index in [0.717, 1.165) is 35.6 Å². The minimum atomic E-state index is -0.0308. The highest BCUT2D eigenvalue weighted by Gasteiger charge is 2.25. The molecule has 0 aliphatic heterocycles. The van der Waals surface area contributed by atoms with E-state index in [2.05, 4.69) is 39.1 Å². The van der Waals surface area contributed by atoms with Crippen LogP contribution in [0, 0.1) is 5.92 Å². The topological polar surface area (TPSA) is 51.9 Å². The number of carbonyl (C=O) groups is 1. The predicted molar refractivity (Wildman–Crippen MR) is 111 cm³/mol.